The van der Waals surface area contributed by atoms with Gasteiger partial charge in [0.2, 0.25) is 11.6 Å². The molecule has 22 heavy (non-hydrogen) atoms. The molecule has 0 saturated heterocycles. The van der Waals surface area contributed by atoms with Crippen molar-refractivity contribution in [3.05, 3.63) is 17.7 Å². The molecule has 1 aliphatic carbocycles. The second-order valence-corrected chi connectivity index (χ2v) is 5.23. The first-order valence-electron chi connectivity index (χ1n) is 7.41. The number of rotatable bonds is 6. The van der Waals surface area contributed by atoms with Crippen LogP contribution < -0.4 is 4.74 Å². The Bertz CT molecular complexity index is 631. The molecule has 1 aromatic heterocycles. The van der Waals surface area contributed by atoms with Crippen LogP contribution in [-0.2, 0) is 9.53 Å². The van der Waals surface area contributed by atoms with E-state index in [0.29, 0.717) is 24.5 Å². The summed E-state index contributed by atoms with van der Waals surface area (Å²) in [6.45, 7) is 2.80. The van der Waals surface area contributed by atoms with E-state index in [1.165, 1.54) is 0 Å². The monoisotopic (exact) mass is 306 g/mol. The zero-order valence-corrected chi connectivity index (χ0v) is 12.4. The topological polar surface area (TPSA) is 98.3 Å². The van der Waals surface area contributed by atoms with Crippen molar-refractivity contribution in [3.63, 3.8) is 0 Å². The standard InChI is InChI=1S/C14H18N4O4/c1-2-6-21-11-8-15-14(18(11)9-3-4-9)17-16-12-10(19)5-7-22-13(12)20/h8-9,19H,2-7H2,1H3. The fourth-order valence-corrected chi connectivity index (χ4v) is 2.14. The molecule has 2 heterocycles. The molecule has 1 aromatic rings. The van der Waals surface area contributed by atoms with Crippen molar-refractivity contribution < 1.29 is 19.4 Å². The van der Waals surface area contributed by atoms with E-state index in [-0.39, 0.29) is 24.5 Å². The molecule has 1 fully saturated rings. The van der Waals surface area contributed by atoms with E-state index in [4.69, 9.17) is 9.47 Å². The van der Waals surface area contributed by atoms with Crippen LogP contribution in [0.3, 0.4) is 0 Å². The number of esters is 1. The molecule has 8 nitrogen and oxygen atoms in total. The van der Waals surface area contributed by atoms with Gasteiger partial charge in [-0.2, -0.15) is 0 Å². The summed E-state index contributed by atoms with van der Waals surface area (Å²) in [4.78, 5) is 15.7. The third-order valence-corrected chi connectivity index (χ3v) is 3.39. The molecule has 0 aromatic carbocycles. The van der Waals surface area contributed by atoms with Gasteiger partial charge in [0.15, 0.2) is 0 Å². The van der Waals surface area contributed by atoms with Crippen molar-refractivity contribution in [2.24, 2.45) is 10.2 Å². The Kier molecular flexibility index (Phi) is 4.08. The van der Waals surface area contributed by atoms with E-state index >= 15 is 0 Å². The number of cyclic esters (lactones) is 1. The maximum atomic E-state index is 11.6. The van der Waals surface area contributed by atoms with Gasteiger partial charge in [-0.15, -0.1) is 10.2 Å². The van der Waals surface area contributed by atoms with Crippen molar-refractivity contribution in [2.75, 3.05) is 13.2 Å². The number of aromatic nitrogens is 2. The molecule has 0 radical (unpaired) electrons. The minimum absolute atomic E-state index is 0.105. The molecular weight excluding hydrogens is 288 g/mol. The molecule has 8 heteroatoms. The number of azo groups is 1. The summed E-state index contributed by atoms with van der Waals surface area (Å²) in [6, 6.07) is 0.309. The first-order chi connectivity index (χ1) is 10.7. The number of carbonyl (C=O) groups excluding carboxylic acids is 1. The number of hydrogen-bond acceptors (Lipinski definition) is 7. The van der Waals surface area contributed by atoms with E-state index < -0.39 is 5.97 Å². The number of aliphatic hydroxyl groups excluding tert-OH is 1. The third kappa shape index (κ3) is 2.95. The molecule has 0 amide bonds. The lowest BCUT2D eigenvalue weighted by atomic mass is 10.2. The molecule has 1 N–H and O–H groups in total. The lowest BCUT2D eigenvalue weighted by Gasteiger charge is -2.11. The molecule has 118 valence electrons. The fraction of sp³-hybridized carbons (Fsp3) is 0.571. The first-order valence-corrected chi connectivity index (χ1v) is 7.41. The SMILES string of the molecule is CCCOc1cnc(N=NC2=C(O)CCOC2=O)n1C1CC1. The van der Waals surface area contributed by atoms with Gasteiger partial charge in [0.05, 0.1) is 19.4 Å². The van der Waals surface area contributed by atoms with Crippen LogP contribution in [0.4, 0.5) is 5.95 Å². The Labute approximate surface area is 127 Å². The summed E-state index contributed by atoms with van der Waals surface area (Å²) < 4.78 is 12.4. The summed E-state index contributed by atoms with van der Waals surface area (Å²) in [5.74, 6) is 0.251. The lowest BCUT2D eigenvalue weighted by molar-refractivity contribution is -0.140. The van der Waals surface area contributed by atoms with Crippen LogP contribution in [0.5, 0.6) is 5.88 Å². The van der Waals surface area contributed by atoms with E-state index in [0.717, 1.165) is 19.3 Å². The van der Waals surface area contributed by atoms with Gasteiger partial charge >= 0.3 is 5.97 Å². The minimum Gasteiger partial charge on any atom is -0.510 e. The highest BCUT2D eigenvalue weighted by Crippen LogP contribution is 2.41. The maximum Gasteiger partial charge on any atom is 0.362 e. The molecule has 2 aliphatic rings. The Morgan fingerprint density at radius 3 is 3.00 bits per heavy atom. The molecule has 0 unspecified atom stereocenters. The summed E-state index contributed by atoms with van der Waals surface area (Å²) in [5, 5.41) is 17.5. The highest BCUT2D eigenvalue weighted by Gasteiger charge is 2.30. The van der Waals surface area contributed by atoms with Crippen molar-refractivity contribution in [1.29, 1.82) is 0 Å². The number of imidazole rings is 1. The lowest BCUT2D eigenvalue weighted by Crippen LogP contribution is -2.16. The van der Waals surface area contributed by atoms with Crippen LogP contribution in [0.15, 0.2) is 27.9 Å². The zero-order valence-electron chi connectivity index (χ0n) is 12.4. The number of hydrogen-bond donors (Lipinski definition) is 1. The average molecular weight is 306 g/mol. The predicted molar refractivity (Wildman–Crippen MR) is 76.0 cm³/mol. The Morgan fingerprint density at radius 1 is 1.50 bits per heavy atom. The van der Waals surface area contributed by atoms with Gasteiger partial charge in [-0.05, 0) is 19.3 Å². The normalized spacial score (nSPS) is 18.9. The van der Waals surface area contributed by atoms with Crippen molar-refractivity contribution in [2.45, 2.75) is 38.6 Å². The zero-order chi connectivity index (χ0) is 15.5. The van der Waals surface area contributed by atoms with E-state index in [1.807, 2.05) is 11.5 Å². The molecular formula is C14H18N4O4. The Hall–Kier alpha value is -2.38. The Morgan fingerprint density at radius 2 is 2.32 bits per heavy atom. The second-order valence-electron chi connectivity index (χ2n) is 5.23. The molecule has 3 rings (SSSR count). The van der Waals surface area contributed by atoms with Crippen LogP contribution >= 0.6 is 0 Å². The van der Waals surface area contributed by atoms with Gasteiger partial charge in [0, 0.05) is 12.5 Å². The molecule has 0 atom stereocenters. The van der Waals surface area contributed by atoms with Gasteiger partial charge in [0.1, 0.15) is 5.76 Å². The van der Waals surface area contributed by atoms with Gasteiger partial charge in [0.25, 0.3) is 5.95 Å². The van der Waals surface area contributed by atoms with Crippen molar-refractivity contribution in [1.82, 2.24) is 9.55 Å². The van der Waals surface area contributed by atoms with Gasteiger partial charge < -0.3 is 14.6 Å². The quantitative estimate of drug-likeness (QED) is 0.643. The molecule has 1 aliphatic heterocycles. The van der Waals surface area contributed by atoms with E-state index in [1.54, 1.807) is 6.20 Å². The van der Waals surface area contributed by atoms with Crippen LogP contribution in [0.1, 0.15) is 38.6 Å². The summed E-state index contributed by atoms with van der Waals surface area (Å²) in [5.41, 5.74) is -0.160. The van der Waals surface area contributed by atoms with Gasteiger partial charge in [-0.3, -0.25) is 4.57 Å². The highest BCUT2D eigenvalue weighted by molar-refractivity contribution is 5.89. The average Bonchev–Trinajstić information content (AvgIpc) is 3.26. The summed E-state index contributed by atoms with van der Waals surface area (Å²) in [6.07, 6.45) is 4.84. The number of carbonyl (C=O) groups is 1. The number of aliphatic hydroxyl groups is 1. The van der Waals surface area contributed by atoms with E-state index in [2.05, 4.69) is 15.2 Å². The molecule has 0 bridgehead atoms. The van der Waals surface area contributed by atoms with Crippen LogP contribution in [0, 0.1) is 0 Å². The fourth-order valence-electron chi connectivity index (χ4n) is 2.14. The second kappa shape index (κ2) is 6.17. The smallest absolute Gasteiger partial charge is 0.362 e. The van der Waals surface area contributed by atoms with Gasteiger partial charge in [-0.1, -0.05) is 6.92 Å². The van der Waals surface area contributed by atoms with Crippen LogP contribution in [0.2, 0.25) is 0 Å². The first kappa shape index (κ1) is 14.6. The van der Waals surface area contributed by atoms with Crippen molar-refractivity contribution >= 4 is 11.9 Å². The Balaban J connectivity index is 1.84. The summed E-state index contributed by atoms with van der Waals surface area (Å²) >= 11 is 0. The van der Waals surface area contributed by atoms with Gasteiger partial charge in [-0.25, -0.2) is 9.78 Å². The van der Waals surface area contributed by atoms with Crippen molar-refractivity contribution in [3.8, 4) is 5.88 Å². The highest BCUT2D eigenvalue weighted by atomic mass is 16.5. The van der Waals surface area contributed by atoms with E-state index in [9.17, 15) is 9.90 Å². The third-order valence-electron chi connectivity index (χ3n) is 3.39. The number of nitrogens with zero attached hydrogens (tertiary/aromatic N) is 4. The number of ether oxygens (including phenoxy) is 2. The molecule has 1 saturated carbocycles. The molecule has 0 spiro atoms. The van der Waals surface area contributed by atoms with Crippen LogP contribution in [-0.4, -0.2) is 33.8 Å². The summed E-state index contributed by atoms with van der Waals surface area (Å²) in [7, 11) is 0. The predicted octanol–water partition coefficient (Wildman–Crippen LogP) is 2.81. The largest absolute Gasteiger partial charge is 0.510 e. The maximum absolute atomic E-state index is 11.6. The van der Waals surface area contributed by atoms with Crippen LogP contribution in [0.25, 0.3) is 0 Å². The minimum atomic E-state index is -0.667.